The van der Waals surface area contributed by atoms with Gasteiger partial charge in [-0.05, 0) is 151 Å². The van der Waals surface area contributed by atoms with Gasteiger partial charge in [0, 0.05) is 12.8 Å². The number of hydrogen-bond acceptors (Lipinski definition) is 2. The van der Waals surface area contributed by atoms with Crippen LogP contribution in [0.25, 0.3) is 66.0 Å². The highest BCUT2D eigenvalue weighted by atomic mass is 28.3. The van der Waals surface area contributed by atoms with Gasteiger partial charge in [-0.15, -0.1) is 0 Å². The molecule has 0 radical (unpaired) electrons. The van der Waals surface area contributed by atoms with Crippen molar-refractivity contribution >= 4 is 29.6 Å². The van der Waals surface area contributed by atoms with E-state index in [9.17, 15) is 0 Å². The second kappa shape index (κ2) is 14.4. The van der Waals surface area contributed by atoms with Crippen molar-refractivity contribution in [3.63, 3.8) is 0 Å². The third-order valence-electron chi connectivity index (χ3n) is 12.7. The van der Waals surface area contributed by atoms with E-state index in [1.807, 2.05) is 0 Å². The van der Waals surface area contributed by atoms with Crippen LogP contribution in [0, 0.1) is 27.7 Å². The molecule has 0 amide bonds. The Kier molecular flexibility index (Phi) is 9.03. The molecule has 8 aromatic rings. The van der Waals surface area contributed by atoms with Crippen LogP contribution >= 0.6 is 0 Å². The average Bonchev–Trinajstić information content (AvgIpc) is 4.07. The van der Waals surface area contributed by atoms with E-state index in [4.69, 9.17) is 8.83 Å². The molecular weight excluding hydrogens is 733 g/mol. The van der Waals surface area contributed by atoms with E-state index in [0.29, 0.717) is 0 Å². The molecule has 0 unspecified atom stereocenters. The van der Waals surface area contributed by atoms with Crippen LogP contribution in [-0.2, 0) is 12.8 Å². The Hall–Kier alpha value is -6.42. The number of hydrogen-bond donors (Lipinski definition) is 0. The average molecular weight is 781 g/mol. The van der Waals surface area contributed by atoms with E-state index in [1.165, 1.54) is 99.4 Å². The maximum atomic E-state index is 6.60. The van der Waals surface area contributed by atoms with Crippen LogP contribution in [0.5, 0.6) is 0 Å². The third kappa shape index (κ3) is 6.32. The van der Waals surface area contributed by atoms with Crippen LogP contribution < -0.4 is 0 Å². The molecule has 288 valence electrons. The number of aryl methyl sites for hydroxylation is 4. The molecule has 59 heavy (non-hydrogen) atoms. The molecule has 0 saturated carbocycles. The van der Waals surface area contributed by atoms with Gasteiger partial charge in [-0.1, -0.05) is 147 Å². The van der Waals surface area contributed by atoms with Crippen LogP contribution in [-0.4, -0.2) is 8.07 Å². The molecule has 2 aliphatic rings. The summed E-state index contributed by atoms with van der Waals surface area (Å²) in [6, 6.07) is 57.8. The summed E-state index contributed by atoms with van der Waals surface area (Å²) in [6.07, 6.45) is 1.67. The normalized spacial score (nSPS) is 13.7. The summed E-state index contributed by atoms with van der Waals surface area (Å²) >= 11 is 0. The zero-order valence-corrected chi connectivity index (χ0v) is 35.7. The summed E-state index contributed by atoms with van der Waals surface area (Å²) in [6.45, 7) is 13.9. The fourth-order valence-electron chi connectivity index (χ4n) is 10.0. The summed E-state index contributed by atoms with van der Waals surface area (Å²) < 4.78 is 13.2. The summed E-state index contributed by atoms with van der Waals surface area (Å²) in [5.41, 5.74) is 20.8. The van der Waals surface area contributed by atoms with E-state index in [2.05, 4.69) is 199 Å². The van der Waals surface area contributed by atoms with Crippen molar-refractivity contribution in [2.24, 2.45) is 0 Å². The first kappa shape index (κ1) is 36.9. The molecule has 3 heteroatoms. The Balaban J connectivity index is 1.21. The molecule has 0 saturated heterocycles. The Morgan fingerprint density at radius 3 is 1.07 bits per heavy atom. The predicted octanol–water partition coefficient (Wildman–Crippen LogP) is 15.2. The van der Waals surface area contributed by atoms with Crippen molar-refractivity contribution in [1.29, 1.82) is 0 Å². The smallest absolute Gasteiger partial charge is 0.130 e. The predicted molar refractivity (Wildman–Crippen MR) is 250 cm³/mol. The lowest BCUT2D eigenvalue weighted by molar-refractivity contribution is 0.520. The molecule has 0 spiro atoms. The molecule has 6 aromatic carbocycles. The highest BCUT2D eigenvalue weighted by Crippen LogP contribution is 2.56. The largest absolute Gasteiger partial charge is 0.462 e. The summed E-state index contributed by atoms with van der Waals surface area (Å²) in [4.78, 5) is 0. The molecule has 0 N–H and O–H groups in total. The molecule has 0 fully saturated rings. The number of allylic oxidation sites excluding steroid dienone is 2. The van der Waals surface area contributed by atoms with E-state index in [1.54, 1.807) is 0 Å². The van der Waals surface area contributed by atoms with Gasteiger partial charge in [-0.3, -0.25) is 0 Å². The zero-order chi connectivity index (χ0) is 40.4. The van der Waals surface area contributed by atoms with Crippen molar-refractivity contribution in [2.45, 2.75) is 53.6 Å². The Labute approximate surface area is 349 Å². The van der Waals surface area contributed by atoms with Crippen molar-refractivity contribution in [2.75, 3.05) is 0 Å². The van der Waals surface area contributed by atoms with Gasteiger partial charge in [-0.25, -0.2) is 0 Å². The SMILES string of the molecule is Cc1ccc(C2=C([Si](C)(C)C3=C(c4ccc(C)o4)Cc4ccc(C)c(-c5ccc(-c6ccccc6)cc5)c43)c3c(ccc(C)c3-c3ccc(-c4ccccc4)cc3)C2)o1. The Morgan fingerprint density at radius 1 is 0.356 bits per heavy atom. The molecule has 0 bridgehead atoms. The lowest BCUT2D eigenvalue weighted by Gasteiger charge is -2.33. The lowest BCUT2D eigenvalue weighted by atomic mass is 9.91. The second-order valence-electron chi connectivity index (χ2n) is 17.0. The third-order valence-corrected chi connectivity index (χ3v) is 16.3. The van der Waals surface area contributed by atoms with Gasteiger partial charge in [-0.2, -0.15) is 0 Å². The summed E-state index contributed by atoms with van der Waals surface area (Å²) in [5.74, 6) is 3.83. The first-order chi connectivity index (χ1) is 28.7. The molecule has 2 heterocycles. The summed E-state index contributed by atoms with van der Waals surface area (Å²) in [7, 11) is -2.68. The van der Waals surface area contributed by atoms with Gasteiger partial charge in [0.2, 0.25) is 0 Å². The van der Waals surface area contributed by atoms with Crippen LogP contribution in [0.15, 0.2) is 167 Å². The highest BCUT2D eigenvalue weighted by molar-refractivity contribution is 7.10. The number of furan rings is 2. The molecule has 0 atom stereocenters. The molecule has 2 aromatic heterocycles. The van der Waals surface area contributed by atoms with Crippen LogP contribution in [0.4, 0.5) is 0 Å². The van der Waals surface area contributed by atoms with Gasteiger partial charge in [0.1, 0.15) is 31.1 Å². The Bertz CT molecular complexity index is 2750. The van der Waals surface area contributed by atoms with E-state index < -0.39 is 8.07 Å². The minimum Gasteiger partial charge on any atom is -0.462 e. The molecule has 2 nitrogen and oxygen atoms in total. The van der Waals surface area contributed by atoms with Crippen molar-refractivity contribution in [1.82, 2.24) is 0 Å². The van der Waals surface area contributed by atoms with Gasteiger partial charge < -0.3 is 8.83 Å². The van der Waals surface area contributed by atoms with Crippen molar-refractivity contribution in [3.05, 3.63) is 214 Å². The van der Waals surface area contributed by atoms with E-state index >= 15 is 0 Å². The van der Waals surface area contributed by atoms with Crippen LogP contribution in [0.1, 0.15) is 56.4 Å². The van der Waals surface area contributed by atoms with E-state index in [-0.39, 0.29) is 0 Å². The van der Waals surface area contributed by atoms with E-state index in [0.717, 1.165) is 35.9 Å². The summed E-state index contributed by atoms with van der Waals surface area (Å²) in [5, 5.41) is 2.92. The Morgan fingerprint density at radius 2 is 0.712 bits per heavy atom. The lowest BCUT2D eigenvalue weighted by Crippen LogP contribution is -2.32. The fourth-order valence-corrected chi connectivity index (χ4v) is 14.0. The van der Waals surface area contributed by atoms with Gasteiger partial charge in [0.25, 0.3) is 0 Å². The fraction of sp³-hybridized carbons (Fsp3) is 0.143. The van der Waals surface area contributed by atoms with Crippen LogP contribution in [0.3, 0.4) is 0 Å². The van der Waals surface area contributed by atoms with Gasteiger partial charge in [0.05, 0.1) is 0 Å². The quantitative estimate of drug-likeness (QED) is 0.144. The maximum absolute atomic E-state index is 6.60. The maximum Gasteiger partial charge on any atom is 0.130 e. The first-order valence-corrected chi connectivity index (χ1v) is 23.8. The minimum atomic E-state index is -2.68. The molecule has 10 rings (SSSR count). The standard InChI is InChI=1S/C56H48O2Si/c1-35-17-21-45-33-47(49-31-19-37(3)57-49)55(53(45)51(35)43-27-23-41(24-28-43)39-13-9-7-10-14-39)59(5,6)56-48(50-32-20-38(4)58-50)34-46-22-18-36(2)52(54(46)56)44-29-25-42(26-30-44)40-15-11-8-12-16-40/h7-32H,33-34H2,1-6H3. The minimum absolute atomic E-state index is 0.834. The van der Waals surface area contributed by atoms with Crippen LogP contribution in [0.2, 0.25) is 13.1 Å². The highest BCUT2D eigenvalue weighted by Gasteiger charge is 2.45. The number of rotatable bonds is 8. The zero-order valence-electron chi connectivity index (χ0n) is 34.7. The van der Waals surface area contributed by atoms with Crippen molar-refractivity contribution in [3.8, 4) is 44.5 Å². The molecule has 2 aliphatic carbocycles. The van der Waals surface area contributed by atoms with Gasteiger partial charge >= 0.3 is 0 Å². The molecule has 0 aliphatic heterocycles. The molecular formula is C56H48O2Si. The number of fused-ring (bicyclic) bond motifs is 2. The first-order valence-electron chi connectivity index (χ1n) is 20.8. The number of benzene rings is 6. The van der Waals surface area contributed by atoms with Gasteiger partial charge in [0.15, 0.2) is 0 Å². The topological polar surface area (TPSA) is 26.3 Å². The second-order valence-corrected chi connectivity index (χ2v) is 21.2. The monoisotopic (exact) mass is 780 g/mol. The van der Waals surface area contributed by atoms with Crippen molar-refractivity contribution < 1.29 is 8.83 Å².